The fourth-order valence-electron chi connectivity index (χ4n) is 3.08. The fourth-order valence-corrected chi connectivity index (χ4v) is 4.43. The first kappa shape index (κ1) is 18.3. The molecule has 0 radical (unpaired) electrons. The van der Waals surface area contributed by atoms with Gasteiger partial charge in [0.05, 0.1) is 12.9 Å². The number of nitrogens with zero attached hydrogens (tertiary/aromatic N) is 5. The molecule has 29 heavy (non-hydrogen) atoms. The quantitative estimate of drug-likeness (QED) is 0.589. The number of benzene rings is 1. The molecule has 150 valence electrons. The number of nitrogens with two attached hydrogens (primary N) is 1. The summed E-state index contributed by atoms with van der Waals surface area (Å²) in [6.45, 7) is 2.21. The Kier molecular flexibility index (Phi) is 4.59. The van der Waals surface area contributed by atoms with Gasteiger partial charge in [0.1, 0.15) is 6.61 Å². The highest BCUT2D eigenvalue weighted by Crippen LogP contribution is 2.43. The molecule has 2 N–H and O–H groups in total. The van der Waals surface area contributed by atoms with Crippen LogP contribution in [0.5, 0.6) is 11.5 Å². The Morgan fingerprint density at radius 1 is 1.17 bits per heavy atom. The van der Waals surface area contributed by atoms with Crippen LogP contribution in [0.3, 0.4) is 0 Å². The smallest absolute Gasteiger partial charge is 0.410 e. The number of carbonyl (C=O) groups excluding carboxylic acids is 1. The van der Waals surface area contributed by atoms with Gasteiger partial charge in [-0.25, -0.2) is 19.7 Å². The second-order valence-electron chi connectivity index (χ2n) is 6.34. The SMILES string of the molecule is Nc1ncn(CCN2CCOC2=O)c2nc(Sc3cc4c(cc3Br)OCO4)nc1-2. The van der Waals surface area contributed by atoms with E-state index >= 15 is 0 Å². The van der Waals surface area contributed by atoms with Gasteiger partial charge in [0.2, 0.25) is 6.79 Å². The van der Waals surface area contributed by atoms with Gasteiger partial charge in [0, 0.05) is 22.5 Å². The number of nitrogen functional groups attached to an aromatic ring is 1. The Morgan fingerprint density at radius 2 is 2.00 bits per heavy atom. The Bertz CT molecular complexity index is 1080. The summed E-state index contributed by atoms with van der Waals surface area (Å²) in [7, 11) is 0. The van der Waals surface area contributed by atoms with Crippen molar-refractivity contribution in [2.24, 2.45) is 0 Å². The van der Waals surface area contributed by atoms with Crippen LogP contribution in [0.25, 0.3) is 11.5 Å². The normalized spacial score (nSPS) is 15.3. The van der Waals surface area contributed by atoms with Gasteiger partial charge in [-0.3, -0.25) is 0 Å². The molecule has 0 unspecified atom stereocenters. The number of imidazole rings is 1. The number of rotatable bonds is 5. The van der Waals surface area contributed by atoms with E-state index in [0.717, 1.165) is 9.37 Å². The number of hydrogen-bond acceptors (Lipinski definition) is 9. The number of amides is 1. The first-order valence-electron chi connectivity index (χ1n) is 8.75. The lowest BCUT2D eigenvalue weighted by Crippen LogP contribution is -2.28. The van der Waals surface area contributed by atoms with Gasteiger partial charge in [-0.05, 0) is 39.8 Å². The highest BCUT2D eigenvalue weighted by Gasteiger charge is 2.24. The zero-order chi connectivity index (χ0) is 20.0. The summed E-state index contributed by atoms with van der Waals surface area (Å²) >= 11 is 4.93. The molecule has 5 rings (SSSR count). The molecule has 1 amide bonds. The summed E-state index contributed by atoms with van der Waals surface area (Å²) < 4.78 is 18.5. The number of halogens is 1. The Hall–Kier alpha value is -2.73. The van der Waals surface area contributed by atoms with Crippen molar-refractivity contribution in [3.63, 3.8) is 0 Å². The summed E-state index contributed by atoms with van der Waals surface area (Å²) in [6.07, 6.45) is 1.31. The molecule has 1 aromatic carbocycles. The minimum absolute atomic E-state index is 0.208. The predicted octanol–water partition coefficient (Wildman–Crippen LogP) is 2.45. The second-order valence-corrected chi connectivity index (χ2v) is 8.20. The Labute approximate surface area is 177 Å². The number of carbonyl (C=O) groups is 1. The molecule has 4 aliphatic heterocycles. The van der Waals surface area contributed by atoms with Gasteiger partial charge in [-0.1, -0.05) is 0 Å². The molecule has 10 nitrogen and oxygen atoms in total. The molecule has 0 aliphatic carbocycles. The third kappa shape index (κ3) is 3.42. The summed E-state index contributed by atoms with van der Waals surface area (Å²) in [4.78, 5) is 27.6. The highest BCUT2D eigenvalue weighted by molar-refractivity contribution is 9.10. The molecule has 4 aliphatic rings. The Morgan fingerprint density at radius 3 is 2.79 bits per heavy atom. The minimum Gasteiger partial charge on any atom is -0.454 e. The van der Waals surface area contributed by atoms with E-state index in [1.54, 1.807) is 11.2 Å². The van der Waals surface area contributed by atoms with Gasteiger partial charge < -0.3 is 29.4 Å². The molecule has 4 heterocycles. The molecule has 1 fully saturated rings. The molecule has 0 atom stereocenters. The first-order chi connectivity index (χ1) is 14.1. The number of fused-ring (bicyclic) bond motifs is 2. The average Bonchev–Trinajstić information content (AvgIpc) is 3.42. The number of aromatic nitrogens is 4. The van der Waals surface area contributed by atoms with Crippen molar-refractivity contribution in [3.8, 4) is 23.0 Å². The summed E-state index contributed by atoms with van der Waals surface area (Å²) in [5.41, 5.74) is 6.53. The lowest BCUT2D eigenvalue weighted by molar-refractivity contribution is 0.157. The lowest BCUT2D eigenvalue weighted by Gasteiger charge is -2.15. The molecular formula is C17H15BrN6O4S. The summed E-state index contributed by atoms with van der Waals surface area (Å²) in [5, 5.41) is 0.536. The van der Waals surface area contributed by atoms with E-state index in [2.05, 4.69) is 30.9 Å². The maximum absolute atomic E-state index is 11.6. The van der Waals surface area contributed by atoms with Crippen molar-refractivity contribution in [2.75, 3.05) is 32.2 Å². The van der Waals surface area contributed by atoms with Crippen LogP contribution in [0.4, 0.5) is 10.6 Å². The van der Waals surface area contributed by atoms with Crippen LogP contribution in [0.15, 0.2) is 33.0 Å². The van der Waals surface area contributed by atoms with E-state index < -0.39 is 0 Å². The minimum atomic E-state index is -0.303. The third-order valence-corrected chi connectivity index (χ3v) is 6.40. The van der Waals surface area contributed by atoms with Crippen LogP contribution in [0.1, 0.15) is 0 Å². The second kappa shape index (κ2) is 7.26. The molecule has 0 saturated carbocycles. The van der Waals surface area contributed by atoms with Gasteiger partial charge in [0.15, 0.2) is 34.0 Å². The molecule has 0 bridgehead atoms. The number of hydrogen-bond donors (Lipinski definition) is 1. The molecular weight excluding hydrogens is 464 g/mol. The van der Waals surface area contributed by atoms with E-state index in [-0.39, 0.29) is 12.9 Å². The maximum Gasteiger partial charge on any atom is 0.410 e. The van der Waals surface area contributed by atoms with Crippen LogP contribution in [0, 0.1) is 0 Å². The molecule has 12 heteroatoms. The van der Waals surface area contributed by atoms with Gasteiger partial charge >= 0.3 is 6.09 Å². The number of anilines is 1. The van der Waals surface area contributed by atoms with E-state index in [1.165, 1.54) is 11.8 Å². The number of ether oxygens (including phenoxy) is 3. The zero-order valence-corrected chi connectivity index (χ0v) is 17.4. The molecule has 1 saturated heterocycles. The van der Waals surface area contributed by atoms with Gasteiger partial charge in [-0.2, -0.15) is 0 Å². The summed E-state index contributed by atoms with van der Waals surface area (Å²) in [5.74, 6) is 2.30. The monoisotopic (exact) mass is 478 g/mol. The number of cyclic esters (lactones) is 1. The van der Waals surface area contributed by atoms with Crippen molar-refractivity contribution in [1.29, 1.82) is 0 Å². The Balaban J connectivity index is 1.41. The van der Waals surface area contributed by atoms with Crippen LogP contribution < -0.4 is 15.2 Å². The average molecular weight is 479 g/mol. The predicted molar refractivity (Wildman–Crippen MR) is 106 cm³/mol. The van der Waals surface area contributed by atoms with E-state index in [0.29, 0.717) is 60.2 Å². The summed E-state index contributed by atoms with van der Waals surface area (Å²) in [6, 6.07) is 3.74. The van der Waals surface area contributed by atoms with Gasteiger partial charge in [-0.15, -0.1) is 0 Å². The lowest BCUT2D eigenvalue weighted by atomic mass is 10.3. The van der Waals surface area contributed by atoms with Crippen molar-refractivity contribution >= 4 is 39.6 Å². The van der Waals surface area contributed by atoms with Crippen LogP contribution >= 0.6 is 27.7 Å². The van der Waals surface area contributed by atoms with E-state index in [9.17, 15) is 4.79 Å². The first-order valence-corrected chi connectivity index (χ1v) is 10.4. The van der Waals surface area contributed by atoms with Crippen molar-refractivity contribution in [3.05, 3.63) is 22.9 Å². The highest BCUT2D eigenvalue weighted by atomic mass is 79.9. The molecule has 0 aromatic heterocycles. The van der Waals surface area contributed by atoms with Crippen LogP contribution in [0.2, 0.25) is 0 Å². The molecule has 1 aromatic rings. The van der Waals surface area contributed by atoms with Crippen molar-refractivity contribution in [2.45, 2.75) is 16.6 Å². The zero-order valence-electron chi connectivity index (χ0n) is 15.0. The van der Waals surface area contributed by atoms with Crippen LogP contribution in [-0.2, 0) is 11.3 Å². The van der Waals surface area contributed by atoms with Crippen molar-refractivity contribution in [1.82, 2.24) is 24.4 Å². The van der Waals surface area contributed by atoms with Crippen LogP contribution in [-0.4, -0.2) is 57.0 Å². The van der Waals surface area contributed by atoms with E-state index in [4.69, 9.17) is 19.9 Å². The molecule has 0 spiro atoms. The van der Waals surface area contributed by atoms with E-state index in [1.807, 2.05) is 16.7 Å². The van der Waals surface area contributed by atoms with Crippen molar-refractivity contribution < 1.29 is 19.0 Å². The largest absolute Gasteiger partial charge is 0.454 e. The topological polar surface area (TPSA) is 118 Å². The maximum atomic E-state index is 11.6. The standard InChI is InChI=1S/C17H15BrN6O4S/c18-9-5-10-11(28-8-27-10)6-12(9)29-16-21-13-14(19)20-7-24(15(13)22-16)2-1-23-3-4-26-17(23)25/h5-7H,1-4,8,19H2. The fraction of sp³-hybridized carbons (Fsp3) is 0.294. The third-order valence-electron chi connectivity index (χ3n) is 4.56. The van der Waals surface area contributed by atoms with Gasteiger partial charge in [0.25, 0.3) is 0 Å².